The third-order valence-electron chi connectivity index (χ3n) is 3.40. The van der Waals surface area contributed by atoms with Gasteiger partial charge in [0, 0.05) is 18.9 Å². The van der Waals surface area contributed by atoms with Crippen molar-refractivity contribution in [3.05, 3.63) is 66.0 Å². The average molecular weight is 321 g/mol. The summed E-state index contributed by atoms with van der Waals surface area (Å²) >= 11 is 0. The van der Waals surface area contributed by atoms with Gasteiger partial charge < -0.3 is 4.57 Å². The summed E-state index contributed by atoms with van der Waals surface area (Å²) in [6.45, 7) is 1.14. The molecule has 0 fully saturated rings. The van der Waals surface area contributed by atoms with Gasteiger partial charge in [-0.25, -0.2) is 4.98 Å². The fourth-order valence-electron chi connectivity index (χ4n) is 2.19. The van der Waals surface area contributed by atoms with E-state index in [1.165, 1.54) is 12.1 Å². The molecule has 23 heavy (non-hydrogen) atoms. The second kappa shape index (κ2) is 6.23. The van der Waals surface area contributed by atoms with Gasteiger partial charge in [-0.05, 0) is 24.1 Å². The van der Waals surface area contributed by atoms with E-state index < -0.39 is 11.7 Å². The van der Waals surface area contributed by atoms with Crippen molar-refractivity contribution < 1.29 is 13.2 Å². The lowest BCUT2D eigenvalue weighted by Gasteiger charge is -2.07. The molecule has 3 aromatic rings. The van der Waals surface area contributed by atoms with Gasteiger partial charge in [0.05, 0.1) is 24.6 Å². The molecule has 5 nitrogen and oxygen atoms in total. The minimum Gasteiger partial charge on any atom is -0.331 e. The molecular formula is C15H14F3N5. The molecule has 0 spiro atoms. The van der Waals surface area contributed by atoms with Crippen LogP contribution in [0.25, 0.3) is 0 Å². The van der Waals surface area contributed by atoms with Crippen LogP contribution < -0.4 is 0 Å². The van der Waals surface area contributed by atoms with Gasteiger partial charge in [-0.15, -0.1) is 5.10 Å². The fourth-order valence-corrected chi connectivity index (χ4v) is 2.19. The van der Waals surface area contributed by atoms with E-state index in [1.807, 2.05) is 17.0 Å². The molecule has 8 heteroatoms. The molecule has 0 saturated heterocycles. The van der Waals surface area contributed by atoms with Crippen molar-refractivity contribution in [3.8, 4) is 0 Å². The van der Waals surface area contributed by atoms with E-state index in [-0.39, 0.29) is 0 Å². The molecule has 3 rings (SSSR count). The van der Waals surface area contributed by atoms with E-state index in [2.05, 4.69) is 15.3 Å². The predicted molar refractivity (Wildman–Crippen MR) is 76.5 cm³/mol. The number of hydrogen-bond donors (Lipinski definition) is 0. The molecule has 2 aromatic heterocycles. The summed E-state index contributed by atoms with van der Waals surface area (Å²) in [6, 6.07) is 5.18. The number of aromatic nitrogens is 5. The maximum Gasteiger partial charge on any atom is 0.416 e. The molecule has 0 aliphatic heterocycles. The molecular weight excluding hydrogens is 307 g/mol. The van der Waals surface area contributed by atoms with Gasteiger partial charge in [0.1, 0.15) is 5.69 Å². The smallest absolute Gasteiger partial charge is 0.331 e. The van der Waals surface area contributed by atoms with E-state index >= 15 is 0 Å². The molecule has 0 aliphatic carbocycles. The summed E-state index contributed by atoms with van der Waals surface area (Å²) in [5, 5.41) is 8.09. The first-order chi connectivity index (χ1) is 11.0. The van der Waals surface area contributed by atoms with Crippen LogP contribution in [-0.4, -0.2) is 24.5 Å². The molecule has 0 saturated carbocycles. The van der Waals surface area contributed by atoms with Crippen LogP contribution in [0.4, 0.5) is 13.2 Å². The first-order valence-electron chi connectivity index (χ1n) is 7.01. The zero-order valence-electron chi connectivity index (χ0n) is 12.1. The van der Waals surface area contributed by atoms with E-state index in [4.69, 9.17) is 0 Å². The first-order valence-corrected chi connectivity index (χ1v) is 7.01. The maximum atomic E-state index is 12.5. The molecule has 0 amide bonds. The highest BCUT2D eigenvalue weighted by Crippen LogP contribution is 2.29. The number of aryl methyl sites for hydroxylation is 2. The van der Waals surface area contributed by atoms with Gasteiger partial charge in [0.15, 0.2) is 0 Å². The minimum atomic E-state index is -4.30. The van der Waals surface area contributed by atoms with Crippen molar-refractivity contribution >= 4 is 0 Å². The Morgan fingerprint density at radius 1 is 1.09 bits per heavy atom. The van der Waals surface area contributed by atoms with Gasteiger partial charge >= 0.3 is 6.18 Å². The third kappa shape index (κ3) is 3.97. The highest BCUT2D eigenvalue weighted by atomic mass is 19.4. The monoisotopic (exact) mass is 321 g/mol. The summed E-state index contributed by atoms with van der Waals surface area (Å²) in [5.74, 6) is 0. The number of benzene rings is 1. The van der Waals surface area contributed by atoms with Gasteiger partial charge in [-0.3, -0.25) is 4.68 Å². The Labute approximate surface area is 130 Å². The van der Waals surface area contributed by atoms with E-state index in [0.717, 1.165) is 23.4 Å². The summed E-state index contributed by atoms with van der Waals surface area (Å²) in [4.78, 5) is 3.95. The van der Waals surface area contributed by atoms with Crippen LogP contribution in [0.3, 0.4) is 0 Å². The Bertz CT molecular complexity index is 744. The van der Waals surface area contributed by atoms with Crippen LogP contribution in [0, 0.1) is 0 Å². The molecule has 0 aliphatic rings. The predicted octanol–water partition coefficient (Wildman–Crippen LogP) is 2.78. The minimum absolute atomic E-state index is 0.558. The average Bonchev–Trinajstić information content (AvgIpc) is 3.17. The Hall–Kier alpha value is -2.64. The molecule has 1 aromatic carbocycles. The van der Waals surface area contributed by atoms with Crippen LogP contribution in [0.2, 0.25) is 0 Å². The quantitative estimate of drug-likeness (QED) is 0.726. The zero-order chi connectivity index (χ0) is 16.3. The van der Waals surface area contributed by atoms with Gasteiger partial charge in [0.25, 0.3) is 0 Å². The second-order valence-electron chi connectivity index (χ2n) is 5.15. The Kier molecular flexibility index (Phi) is 4.14. The lowest BCUT2D eigenvalue weighted by molar-refractivity contribution is -0.137. The van der Waals surface area contributed by atoms with Crippen molar-refractivity contribution in [2.45, 2.75) is 25.7 Å². The molecule has 0 radical (unpaired) electrons. The Morgan fingerprint density at radius 3 is 2.52 bits per heavy atom. The molecule has 120 valence electrons. The van der Waals surface area contributed by atoms with E-state index in [9.17, 15) is 13.2 Å². The standard InChI is InChI=1S/C15H14F3N5/c16-15(17,18)13-3-1-12(2-4-13)5-7-23-10-14(20-21-23)9-22-8-6-19-11-22/h1-4,6,8,10-11H,5,7,9H2. The van der Waals surface area contributed by atoms with Crippen LogP contribution >= 0.6 is 0 Å². The van der Waals surface area contributed by atoms with Crippen LogP contribution in [-0.2, 0) is 25.7 Å². The number of alkyl halides is 3. The molecule has 2 heterocycles. The number of nitrogens with zero attached hydrogens (tertiary/aromatic N) is 5. The Balaban J connectivity index is 1.57. The SMILES string of the molecule is FC(F)(F)c1ccc(CCn2cc(Cn3ccnc3)nn2)cc1. The number of hydrogen-bond acceptors (Lipinski definition) is 3. The van der Waals surface area contributed by atoms with Crippen LogP contribution in [0.15, 0.2) is 49.2 Å². The largest absolute Gasteiger partial charge is 0.416 e. The molecule has 0 N–H and O–H groups in total. The fraction of sp³-hybridized carbons (Fsp3) is 0.267. The molecule has 0 bridgehead atoms. The normalized spacial score (nSPS) is 11.8. The number of halogens is 3. The number of rotatable bonds is 5. The first kappa shape index (κ1) is 15.3. The second-order valence-corrected chi connectivity index (χ2v) is 5.15. The maximum absolute atomic E-state index is 12.5. The van der Waals surface area contributed by atoms with Gasteiger partial charge in [-0.2, -0.15) is 13.2 Å². The van der Waals surface area contributed by atoms with Crippen LogP contribution in [0.1, 0.15) is 16.8 Å². The van der Waals surface area contributed by atoms with Crippen molar-refractivity contribution in [2.24, 2.45) is 0 Å². The zero-order valence-corrected chi connectivity index (χ0v) is 12.1. The molecule has 0 atom stereocenters. The highest BCUT2D eigenvalue weighted by molar-refractivity contribution is 5.24. The summed E-state index contributed by atoms with van der Waals surface area (Å²) in [7, 11) is 0. The van der Waals surface area contributed by atoms with Crippen molar-refractivity contribution in [2.75, 3.05) is 0 Å². The highest BCUT2D eigenvalue weighted by Gasteiger charge is 2.29. The summed E-state index contributed by atoms with van der Waals surface area (Å²) in [5.41, 5.74) is 0.990. The Morgan fingerprint density at radius 2 is 1.87 bits per heavy atom. The summed E-state index contributed by atoms with van der Waals surface area (Å²) < 4.78 is 41.1. The molecule has 0 unspecified atom stereocenters. The van der Waals surface area contributed by atoms with Gasteiger partial charge in [-0.1, -0.05) is 17.3 Å². The lowest BCUT2D eigenvalue weighted by Crippen LogP contribution is -2.06. The lowest BCUT2D eigenvalue weighted by atomic mass is 10.1. The summed E-state index contributed by atoms with van der Waals surface area (Å²) in [6.07, 6.45) is 3.33. The van der Waals surface area contributed by atoms with Crippen molar-refractivity contribution in [1.82, 2.24) is 24.5 Å². The van der Waals surface area contributed by atoms with Crippen molar-refractivity contribution in [3.63, 3.8) is 0 Å². The van der Waals surface area contributed by atoms with Crippen molar-refractivity contribution in [1.29, 1.82) is 0 Å². The third-order valence-corrected chi connectivity index (χ3v) is 3.40. The van der Waals surface area contributed by atoms with Crippen LogP contribution in [0.5, 0.6) is 0 Å². The van der Waals surface area contributed by atoms with E-state index in [0.29, 0.717) is 19.5 Å². The van der Waals surface area contributed by atoms with E-state index in [1.54, 1.807) is 17.2 Å². The topological polar surface area (TPSA) is 48.5 Å². The number of imidazole rings is 1. The van der Waals surface area contributed by atoms with Gasteiger partial charge in [0.2, 0.25) is 0 Å².